The average Bonchev–Trinajstić information content (AvgIpc) is 2.55. The quantitative estimate of drug-likeness (QED) is 0.902. The van der Waals surface area contributed by atoms with Gasteiger partial charge in [0.1, 0.15) is 6.61 Å². The molecule has 1 fully saturated rings. The number of hydrogen-bond donors (Lipinski definition) is 1. The highest BCUT2D eigenvalue weighted by atomic mass is 16.6. The Morgan fingerprint density at radius 2 is 2.04 bits per heavy atom. The van der Waals surface area contributed by atoms with Gasteiger partial charge >= 0.3 is 12.1 Å². The highest BCUT2D eigenvalue weighted by molar-refractivity contribution is 5.76. The second kappa shape index (κ2) is 7.46. The van der Waals surface area contributed by atoms with Crippen molar-refractivity contribution in [2.24, 2.45) is 5.41 Å². The van der Waals surface area contributed by atoms with Gasteiger partial charge in [0.05, 0.1) is 18.1 Å². The first-order valence-corrected chi connectivity index (χ1v) is 7.66. The summed E-state index contributed by atoms with van der Waals surface area (Å²) in [5.74, 6) is -0.894. The first-order chi connectivity index (χ1) is 11.0. The lowest BCUT2D eigenvalue weighted by atomic mass is 9.79. The predicted octanol–water partition coefficient (Wildman–Crippen LogP) is 2.52. The number of rotatable bonds is 5. The van der Waals surface area contributed by atoms with Gasteiger partial charge in [-0.25, -0.2) is 4.79 Å². The predicted molar refractivity (Wildman–Crippen MR) is 84.0 cm³/mol. The van der Waals surface area contributed by atoms with Crippen LogP contribution in [0.4, 0.5) is 4.79 Å². The summed E-state index contributed by atoms with van der Waals surface area (Å²) >= 11 is 0. The number of carboxylic acid groups (broad SMARTS) is 1. The van der Waals surface area contributed by atoms with Crippen LogP contribution in [0.25, 0.3) is 0 Å². The molecule has 1 aliphatic rings. The number of carbonyl (C=O) groups is 2. The van der Waals surface area contributed by atoms with Gasteiger partial charge in [0.2, 0.25) is 0 Å². The van der Waals surface area contributed by atoms with E-state index in [-0.39, 0.29) is 19.2 Å². The second-order valence-electron chi connectivity index (χ2n) is 6.18. The van der Waals surface area contributed by atoms with E-state index in [1.54, 1.807) is 14.0 Å². The summed E-state index contributed by atoms with van der Waals surface area (Å²) < 4.78 is 10.5. The SMILES string of the molecule is COCC1CCC(C)(C(=O)O)CN1C(=O)OCc1ccccc1. The van der Waals surface area contributed by atoms with Gasteiger partial charge < -0.3 is 19.5 Å². The standard InChI is InChI=1S/C17H23NO5/c1-17(15(19)20)9-8-14(11-22-2)18(12-17)16(21)23-10-13-6-4-3-5-7-13/h3-7,14H,8-12H2,1-2H3,(H,19,20). The van der Waals surface area contributed by atoms with E-state index in [0.29, 0.717) is 19.4 Å². The minimum Gasteiger partial charge on any atom is -0.481 e. The maximum Gasteiger partial charge on any atom is 0.410 e. The molecule has 2 unspecified atom stereocenters. The van der Waals surface area contributed by atoms with Gasteiger partial charge in [-0.3, -0.25) is 4.79 Å². The van der Waals surface area contributed by atoms with Crippen molar-refractivity contribution >= 4 is 12.1 Å². The molecule has 0 radical (unpaired) electrons. The molecule has 0 saturated carbocycles. The van der Waals surface area contributed by atoms with Gasteiger partial charge in [-0.05, 0) is 25.3 Å². The number of benzene rings is 1. The third kappa shape index (κ3) is 4.22. The van der Waals surface area contributed by atoms with Gasteiger partial charge in [0, 0.05) is 13.7 Å². The van der Waals surface area contributed by atoms with E-state index >= 15 is 0 Å². The molecular weight excluding hydrogens is 298 g/mol. The van der Waals surface area contributed by atoms with Crippen LogP contribution in [0.2, 0.25) is 0 Å². The first-order valence-electron chi connectivity index (χ1n) is 7.66. The van der Waals surface area contributed by atoms with Crippen LogP contribution in [0.3, 0.4) is 0 Å². The van der Waals surface area contributed by atoms with Crippen LogP contribution in [0, 0.1) is 5.41 Å². The highest BCUT2D eigenvalue weighted by Crippen LogP contribution is 2.33. The van der Waals surface area contributed by atoms with Crippen LogP contribution < -0.4 is 0 Å². The number of aliphatic carboxylic acids is 1. The Kier molecular flexibility index (Phi) is 5.60. The van der Waals surface area contributed by atoms with Crippen LogP contribution >= 0.6 is 0 Å². The number of amides is 1. The molecule has 1 aliphatic heterocycles. The number of carboxylic acids is 1. The van der Waals surface area contributed by atoms with Crippen molar-refractivity contribution in [1.29, 1.82) is 0 Å². The van der Waals surface area contributed by atoms with Crippen molar-refractivity contribution in [3.8, 4) is 0 Å². The van der Waals surface area contributed by atoms with E-state index in [1.807, 2.05) is 30.3 Å². The number of methoxy groups -OCH3 is 1. The average molecular weight is 321 g/mol. The Bertz CT molecular complexity index is 547. The van der Waals surface area contributed by atoms with Gasteiger partial charge in [0.15, 0.2) is 0 Å². The zero-order chi connectivity index (χ0) is 16.9. The largest absolute Gasteiger partial charge is 0.481 e. The lowest BCUT2D eigenvalue weighted by Crippen LogP contribution is -2.54. The minimum atomic E-state index is -0.948. The van der Waals surface area contributed by atoms with E-state index in [0.717, 1.165) is 5.56 Å². The maximum absolute atomic E-state index is 12.4. The van der Waals surface area contributed by atoms with E-state index in [1.165, 1.54) is 4.90 Å². The van der Waals surface area contributed by atoms with Gasteiger partial charge in [-0.2, -0.15) is 0 Å². The van der Waals surface area contributed by atoms with Crippen molar-refractivity contribution in [2.45, 2.75) is 32.4 Å². The molecule has 1 aromatic carbocycles. The van der Waals surface area contributed by atoms with Crippen molar-refractivity contribution in [2.75, 3.05) is 20.3 Å². The Morgan fingerprint density at radius 1 is 1.35 bits per heavy atom. The van der Waals surface area contributed by atoms with Gasteiger partial charge in [0.25, 0.3) is 0 Å². The summed E-state index contributed by atoms with van der Waals surface area (Å²) in [4.78, 5) is 25.4. The number of hydrogen-bond acceptors (Lipinski definition) is 4. The number of carbonyl (C=O) groups excluding carboxylic acids is 1. The monoisotopic (exact) mass is 321 g/mol. The molecule has 6 nitrogen and oxygen atoms in total. The third-order valence-corrected chi connectivity index (χ3v) is 4.30. The summed E-state index contributed by atoms with van der Waals surface area (Å²) in [5, 5.41) is 9.41. The molecule has 1 aromatic rings. The molecule has 0 bridgehead atoms. The van der Waals surface area contributed by atoms with Crippen LogP contribution in [0.1, 0.15) is 25.3 Å². The molecule has 6 heteroatoms. The topological polar surface area (TPSA) is 76.1 Å². The van der Waals surface area contributed by atoms with E-state index < -0.39 is 17.5 Å². The van der Waals surface area contributed by atoms with Crippen LogP contribution in [-0.2, 0) is 20.9 Å². The Balaban J connectivity index is 2.04. The van der Waals surface area contributed by atoms with E-state index in [9.17, 15) is 14.7 Å². The fraction of sp³-hybridized carbons (Fsp3) is 0.529. The van der Waals surface area contributed by atoms with Gasteiger partial charge in [-0.15, -0.1) is 0 Å². The molecule has 23 heavy (non-hydrogen) atoms. The van der Waals surface area contributed by atoms with Crippen molar-refractivity contribution in [1.82, 2.24) is 4.90 Å². The minimum absolute atomic E-state index is 0.129. The lowest BCUT2D eigenvalue weighted by molar-refractivity contribution is -0.152. The molecule has 1 N–H and O–H groups in total. The van der Waals surface area contributed by atoms with E-state index in [4.69, 9.17) is 9.47 Å². The summed E-state index contributed by atoms with van der Waals surface area (Å²) in [6.07, 6.45) is 0.596. The summed E-state index contributed by atoms with van der Waals surface area (Å²) in [6.45, 7) is 2.33. The summed E-state index contributed by atoms with van der Waals surface area (Å²) in [5.41, 5.74) is -0.0575. The Labute approximate surface area is 136 Å². The fourth-order valence-corrected chi connectivity index (χ4v) is 2.78. The number of nitrogens with zero attached hydrogens (tertiary/aromatic N) is 1. The molecule has 1 heterocycles. The van der Waals surface area contributed by atoms with Gasteiger partial charge in [-0.1, -0.05) is 30.3 Å². The van der Waals surface area contributed by atoms with Crippen molar-refractivity contribution < 1.29 is 24.2 Å². The highest BCUT2D eigenvalue weighted by Gasteiger charge is 2.44. The first kappa shape index (κ1) is 17.3. The zero-order valence-corrected chi connectivity index (χ0v) is 13.5. The summed E-state index contributed by atoms with van der Waals surface area (Å²) in [6, 6.07) is 9.23. The van der Waals surface area contributed by atoms with Crippen LogP contribution in [-0.4, -0.2) is 48.4 Å². The Hall–Kier alpha value is -2.08. The maximum atomic E-state index is 12.4. The summed E-state index contributed by atoms with van der Waals surface area (Å²) in [7, 11) is 1.57. The van der Waals surface area contributed by atoms with Crippen molar-refractivity contribution in [3.05, 3.63) is 35.9 Å². The molecular formula is C17H23NO5. The molecule has 126 valence electrons. The second-order valence-corrected chi connectivity index (χ2v) is 6.18. The normalized spacial score (nSPS) is 24.3. The third-order valence-electron chi connectivity index (χ3n) is 4.30. The fourth-order valence-electron chi connectivity index (χ4n) is 2.78. The van der Waals surface area contributed by atoms with Crippen LogP contribution in [0.5, 0.6) is 0 Å². The number of likely N-dealkylation sites (tertiary alicyclic amines) is 1. The molecule has 1 amide bonds. The molecule has 2 atom stereocenters. The lowest BCUT2D eigenvalue weighted by Gasteiger charge is -2.42. The zero-order valence-electron chi connectivity index (χ0n) is 13.5. The molecule has 1 saturated heterocycles. The van der Waals surface area contributed by atoms with Crippen molar-refractivity contribution in [3.63, 3.8) is 0 Å². The molecule has 0 spiro atoms. The smallest absolute Gasteiger partial charge is 0.410 e. The Morgan fingerprint density at radius 3 is 2.65 bits per heavy atom. The number of piperidine rings is 1. The van der Waals surface area contributed by atoms with E-state index in [2.05, 4.69) is 0 Å². The molecule has 0 aliphatic carbocycles. The number of ether oxygens (including phenoxy) is 2. The van der Waals surface area contributed by atoms with Crippen LogP contribution in [0.15, 0.2) is 30.3 Å². The molecule has 2 rings (SSSR count). The molecule has 0 aromatic heterocycles.